The second-order valence-electron chi connectivity index (χ2n) is 7.83. The smallest absolute Gasteiger partial charge is 0.339 e. The van der Waals surface area contributed by atoms with E-state index >= 15 is 0 Å². The van der Waals surface area contributed by atoms with Gasteiger partial charge < -0.3 is 14.8 Å². The molecule has 1 unspecified atom stereocenters. The highest BCUT2D eigenvalue weighted by molar-refractivity contribution is 7.92. The molecule has 0 aliphatic carbocycles. The van der Waals surface area contributed by atoms with E-state index in [1.54, 1.807) is 43.3 Å². The van der Waals surface area contributed by atoms with Crippen molar-refractivity contribution in [2.45, 2.75) is 24.8 Å². The van der Waals surface area contributed by atoms with Gasteiger partial charge in [0.25, 0.3) is 15.9 Å². The summed E-state index contributed by atoms with van der Waals surface area (Å²) >= 11 is 6.19. The number of nitrogens with one attached hydrogen (secondary N) is 1. The van der Waals surface area contributed by atoms with Crippen molar-refractivity contribution in [3.63, 3.8) is 0 Å². The number of benzene rings is 3. The van der Waals surface area contributed by atoms with Crippen LogP contribution in [-0.2, 0) is 19.6 Å². The van der Waals surface area contributed by atoms with Gasteiger partial charge in [-0.1, -0.05) is 41.4 Å². The van der Waals surface area contributed by atoms with E-state index in [1.807, 2.05) is 6.92 Å². The number of carbonyl (C=O) groups is 2. The fourth-order valence-corrected chi connectivity index (χ4v) is 5.33. The number of hydrogen-bond acceptors (Lipinski definition) is 6. The number of carbonyl (C=O) groups excluding carboxylic acids is 2. The first-order valence-electron chi connectivity index (χ1n) is 10.8. The van der Waals surface area contributed by atoms with Crippen molar-refractivity contribution < 1.29 is 27.5 Å². The van der Waals surface area contributed by atoms with Crippen LogP contribution in [0.1, 0.15) is 22.8 Å². The number of rotatable bonds is 6. The summed E-state index contributed by atoms with van der Waals surface area (Å²) in [7, 11) is -3.96. The number of hydrogen-bond donors (Lipinski definition) is 1. The summed E-state index contributed by atoms with van der Waals surface area (Å²) in [6, 6.07) is 17.5. The number of halogens is 1. The average Bonchev–Trinajstić information content (AvgIpc) is 2.83. The first kappa shape index (κ1) is 24.6. The molecule has 8 nitrogen and oxygen atoms in total. The number of nitrogens with zero attached hydrogens (tertiary/aromatic N) is 1. The van der Waals surface area contributed by atoms with Gasteiger partial charge in [-0.2, -0.15) is 0 Å². The predicted octanol–water partition coefficient (Wildman–Crippen LogP) is 4.42. The minimum absolute atomic E-state index is 0.111. The molecule has 10 heteroatoms. The standard InChI is InChI=1S/C25H23ClN2O6S/c1-3-33-25(30)19-13-10-17(14-20(19)26)27-24(29)23-15-28(21-6-4-5-7-22(21)34-23)35(31,32)18-11-8-16(2)9-12-18/h4-14,23H,3,15H2,1-2H3,(H,27,29). The lowest BCUT2D eigenvalue weighted by molar-refractivity contribution is -0.122. The number of sulfonamides is 1. The molecule has 1 amide bonds. The van der Waals surface area contributed by atoms with Gasteiger partial charge in [-0.25, -0.2) is 13.2 Å². The summed E-state index contributed by atoms with van der Waals surface area (Å²) in [5.41, 5.74) is 1.77. The third-order valence-electron chi connectivity index (χ3n) is 5.37. The molecular formula is C25H23ClN2O6S. The third kappa shape index (κ3) is 5.11. The van der Waals surface area contributed by atoms with Crippen LogP contribution >= 0.6 is 11.6 Å². The lowest BCUT2D eigenvalue weighted by Gasteiger charge is -2.34. The Hall–Kier alpha value is -3.56. The van der Waals surface area contributed by atoms with Crippen LogP contribution in [-0.4, -0.2) is 39.5 Å². The Balaban J connectivity index is 1.59. The second-order valence-corrected chi connectivity index (χ2v) is 10.1. The molecule has 1 aliphatic rings. The highest BCUT2D eigenvalue weighted by Crippen LogP contribution is 2.37. The van der Waals surface area contributed by atoms with Crippen LogP contribution in [0.25, 0.3) is 0 Å². The molecule has 0 radical (unpaired) electrons. The Morgan fingerprint density at radius 2 is 1.83 bits per heavy atom. The fourth-order valence-electron chi connectivity index (χ4n) is 3.59. The number of esters is 1. The van der Waals surface area contributed by atoms with Crippen molar-refractivity contribution in [2.75, 3.05) is 22.8 Å². The zero-order chi connectivity index (χ0) is 25.2. The van der Waals surface area contributed by atoms with E-state index in [4.69, 9.17) is 21.1 Å². The summed E-state index contributed by atoms with van der Waals surface area (Å²) in [6.45, 7) is 3.53. The first-order valence-corrected chi connectivity index (χ1v) is 12.6. The molecule has 0 spiro atoms. The van der Waals surface area contributed by atoms with Crippen LogP contribution in [0.3, 0.4) is 0 Å². The van der Waals surface area contributed by atoms with Crippen LogP contribution in [0.4, 0.5) is 11.4 Å². The average molecular weight is 515 g/mol. The zero-order valence-corrected chi connectivity index (χ0v) is 20.6. The van der Waals surface area contributed by atoms with Crippen LogP contribution in [0.15, 0.2) is 71.6 Å². The van der Waals surface area contributed by atoms with Gasteiger partial charge in [0.15, 0.2) is 6.10 Å². The summed E-state index contributed by atoms with van der Waals surface area (Å²) in [5.74, 6) is -0.867. The minimum Gasteiger partial charge on any atom is -0.476 e. The van der Waals surface area contributed by atoms with Crippen molar-refractivity contribution in [3.8, 4) is 5.75 Å². The van der Waals surface area contributed by atoms with Gasteiger partial charge in [0.05, 0.1) is 34.3 Å². The van der Waals surface area contributed by atoms with Crippen molar-refractivity contribution in [1.29, 1.82) is 0 Å². The van der Waals surface area contributed by atoms with Gasteiger partial charge in [0.1, 0.15) is 5.75 Å². The predicted molar refractivity (Wildman–Crippen MR) is 133 cm³/mol. The van der Waals surface area contributed by atoms with Crippen LogP contribution < -0.4 is 14.4 Å². The van der Waals surface area contributed by atoms with Gasteiger partial charge >= 0.3 is 5.97 Å². The quantitative estimate of drug-likeness (QED) is 0.488. The second kappa shape index (κ2) is 9.97. The van der Waals surface area contributed by atoms with Crippen LogP contribution in [0.5, 0.6) is 5.75 Å². The molecule has 0 bridgehead atoms. The van der Waals surface area contributed by atoms with Gasteiger partial charge in [0, 0.05) is 5.69 Å². The van der Waals surface area contributed by atoms with Crippen LogP contribution in [0, 0.1) is 6.92 Å². The first-order chi connectivity index (χ1) is 16.7. The van der Waals surface area contributed by atoms with E-state index < -0.39 is 28.0 Å². The van der Waals surface area contributed by atoms with Gasteiger partial charge in [0.2, 0.25) is 0 Å². The molecule has 0 fully saturated rings. The number of amides is 1. The number of anilines is 2. The number of aryl methyl sites for hydroxylation is 1. The Kier molecular flexibility index (Phi) is 7.00. The van der Waals surface area contributed by atoms with Crippen molar-refractivity contribution in [1.82, 2.24) is 0 Å². The van der Waals surface area contributed by atoms with Crippen molar-refractivity contribution in [3.05, 3.63) is 82.9 Å². The van der Waals surface area contributed by atoms with E-state index in [0.29, 0.717) is 11.4 Å². The highest BCUT2D eigenvalue weighted by atomic mass is 35.5. The Labute approximate surface area is 208 Å². The van der Waals surface area contributed by atoms with Gasteiger partial charge in [-0.15, -0.1) is 0 Å². The summed E-state index contributed by atoms with van der Waals surface area (Å²) in [6.07, 6.45) is -1.13. The largest absolute Gasteiger partial charge is 0.476 e. The van der Waals surface area contributed by atoms with E-state index in [0.717, 1.165) is 5.56 Å². The molecule has 1 atom stereocenters. The monoisotopic (exact) mass is 514 g/mol. The fraction of sp³-hybridized carbons (Fsp3) is 0.200. The maximum absolute atomic E-state index is 13.5. The number of ether oxygens (including phenoxy) is 2. The summed E-state index contributed by atoms with van der Waals surface area (Å²) < 4.78 is 38.9. The lowest BCUT2D eigenvalue weighted by Crippen LogP contribution is -2.48. The molecule has 0 saturated heterocycles. The molecule has 182 valence electrons. The molecule has 4 rings (SSSR count). The maximum atomic E-state index is 13.5. The molecule has 1 aliphatic heterocycles. The molecule has 3 aromatic rings. The van der Waals surface area contributed by atoms with Crippen LogP contribution in [0.2, 0.25) is 5.02 Å². The van der Waals surface area contributed by atoms with Gasteiger partial charge in [-0.3, -0.25) is 9.10 Å². The van der Waals surface area contributed by atoms with Crippen molar-refractivity contribution in [2.24, 2.45) is 0 Å². The molecule has 1 heterocycles. The van der Waals surface area contributed by atoms with E-state index in [-0.39, 0.29) is 34.4 Å². The zero-order valence-electron chi connectivity index (χ0n) is 19.0. The molecule has 3 aromatic carbocycles. The molecular weight excluding hydrogens is 492 g/mol. The Morgan fingerprint density at radius 1 is 1.11 bits per heavy atom. The van der Waals surface area contributed by atoms with Gasteiger partial charge in [-0.05, 0) is 56.3 Å². The molecule has 0 saturated carbocycles. The third-order valence-corrected chi connectivity index (χ3v) is 7.47. The number of fused-ring (bicyclic) bond motifs is 1. The SMILES string of the molecule is CCOC(=O)c1ccc(NC(=O)C2CN(S(=O)(=O)c3ccc(C)cc3)c3ccccc3O2)cc1Cl. The lowest BCUT2D eigenvalue weighted by atomic mass is 10.2. The Bertz CT molecular complexity index is 1370. The van der Waals surface area contributed by atoms with E-state index in [2.05, 4.69) is 5.32 Å². The van der Waals surface area contributed by atoms with Crippen molar-refractivity contribution >= 4 is 44.9 Å². The Morgan fingerprint density at radius 3 is 2.51 bits per heavy atom. The normalized spacial score (nSPS) is 15.1. The topological polar surface area (TPSA) is 102 Å². The van der Waals surface area contributed by atoms with E-state index in [1.165, 1.54) is 34.6 Å². The number of para-hydroxylation sites is 2. The minimum atomic E-state index is -3.96. The molecule has 0 aromatic heterocycles. The maximum Gasteiger partial charge on any atom is 0.339 e. The molecule has 1 N–H and O–H groups in total. The summed E-state index contributed by atoms with van der Waals surface area (Å²) in [5, 5.41) is 2.79. The molecule has 35 heavy (non-hydrogen) atoms. The summed E-state index contributed by atoms with van der Waals surface area (Å²) in [4.78, 5) is 25.1. The van der Waals surface area contributed by atoms with E-state index in [9.17, 15) is 18.0 Å². The highest BCUT2D eigenvalue weighted by Gasteiger charge is 2.37.